The summed E-state index contributed by atoms with van der Waals surface area (Å²) in [4.78, 5) is 72.9. The van der Waals surface area contributed by atoms with Crippen LogP contribution in [0.4, 0.5) is 0 Å². The Kier molecular flexibility index (Phi) is 22.7. The zero-order chi connectivity index (χ0) is 57.6. The summed E-state index contributed by atoms with van der Waals surface area (Å²) in [6.45, 7) is 3.26. The Hall–Kier alpha value is -6.99. The highest BCUT2D eigenvalue weighted by molar-refractivity contribution is 7.47. The zero-order valence-corrected chi connectivity index (χ0v) is 48.6. The Morgan fingerprint density at radius 3 is 1.51 bits per heavy atom. The summed E-state index contributed by atoms with van der Waals surface area (Å²) in [5.41, 5.74) is 11.3. The van der Waals surface area contributed by atoms with Gasteiger partial charge in [0.15, 0.2) is 29.4 Å². The molecule has 5 heterocycles. The lowest BCUT2D eigenvalue weighted by atomic mass is 10.0. The van der Waals surface area contributed by atoms with E-state index >= 15 is 0 Å². The van der Waals surface area contributed by atoms with Gasteiger partial charge in [-0.3, -0.25) is 18.6 Å². The van der Waals surface area contributed by atoms with E-state index in [9.17, 15) is 19.0 Å². The second-order valence-corrected chi connectivity index (χ2v) is 22.7. The number of hydrogen-bond acceptors (Lipinski definition) is 16. The molecule has 0 saturated heterocycles. The number of phosphoric acid groups is 1. The second kappa shape index (κ2) is 31.1. The first-order valence-corrected chi connectivity index (χ1v) is 31.4. The number of aromatic amines is 2. The maximum atomic E-state index is 12.9. The van der Waals surface area contributed by atoms with Crippen molar-refractivity contribution in [3.63, 3.8) is 0 Å². The van der Waals surface area contributed by atoms with E-state index in [1.54, 1.807) is 0 Å². The average Bonchev–Trinajstić information content (AvgIpc) is 4.41. The molecule has 2 aliphatic rings. The standard InChI is InChI=1S/C63H79N10O9P/c1-2-3-4-5-6-7-8-9-10-11-14-17-32-54(74)79-42-45(43-81-83(76,77)80-39-36-64)82-55(75)33-18-15-12-13-16-25-37-65-38-40-78-44-34-35-52-53(41-44)63-72-61-51-31-24-23-30-50(51)59(70-61)68-57-47-27-20-19-26-46(47)56(66-57)67-58-48-28-21-22-29-49(48)60(69-58)71-62(52)73-63/h19-24,26-31,34-35,41,45,65H,2-18,25,32-33,36-40,42-43,64H2,1H3,(H,76,77)(H2,66,67,68,69,70,71,72,73)/t45-/m1/s1. The lowest BCUT2D eigenvalue weighted by Crippen LogP contribution is -2.29. The first-order chi connectivity index (χ1) is 40.7. The number of hydrogen-bond donors (Lipinski definition) is 5. The highest BCUT2D eigenvalue weighted by Gasteiger charge is 2.27. The zero-order valence-electron chi connectivity index (χ0n) is 47.8. The minimum Gasteiger partial charge on any atom is -0.492 e. The van der Waals surface area contributed by atoms with E-state index in [1.165, 1.54) is 51.4 Å². The molecule has 3 aromatic heterocycles. The molecule has 0 aliphatic carbocycles. The number of nitrogens with two attached hydrogens (primary N) is 1. The number of esters is 2. The van der Waals surface area contributed by atoms with Gasteiger partial charge in [-0.15, -0.1) is 0 Å². The third-order valence-electron chi connectivity index (χ3n) is 14.8. The number of aromatic nitrogens is 8. The minimum absolute atomic E-state index is 0.0248. The molecule has 0 radical (unpaired) electrons. The van der Waals surface area contributed by atoms with Crippen LogP contribution in [-0.2, 0) is 32.7 Å². The number of rotatable bonds is 35. The van der Waals surface area contributed by atoms with Crippen molar-refractivity contribution in [3.8, 4) is 51.3 Å². The Morgan fingerprint density at radius 1 is 0.530 bits per heavy atom. The van der Waals surface area contributed by atoms with Crippen molar-refractivity contribution < 1.29 is 42.3 Å². The molecular formula is C63H79N10O9P. The van der Waals surface area contributed by atoms with E-state index in [4.69, 9.17) is 58.9 Å². The lowest BCUT2D eigenvalue weighted by Gasteiger charge is -2.19. The lowest BCUT2D eigenvalue weighted by molar-refractivity contribution is -0.161. The van der Waals surface area contributed by atoms with E-state index in [2.05, 4.69) is 22.2 Å². The molecule has 0 amide bonds. The van der Waals surface area contributed by atoms with E-state index in [0.29, 0.717) is 77.6 Å². The molecular weight excluding hydrogens is 1070 g/mol. The number of benzene rings is 4. The highest BCUT2D eigenvalue weighted by Crippen LogP contribution is 2.43. The fraction of sp³-hybridized carbons (Fsp3) is 0.460. The third kappa shape index (κ3) is 17.3. The van der Waals surface area contributed by atoms with Gasteiger partial charge in [-0.1, -0.05) is 176 Å². The van der Waals surface area contributed by atoms with Crippen LogP contribution in [0.15, 0.2) is 91.0 Å². The summed E-state index contributed by atoms with van der Waals surface area (Å²) < 4.78 is 39.5. The van der Waals surface area contributed by atoms with Gasteiger partial charge in [0.25, 0.3) is 0 Å². The van der Waals surface area contributed by atoms with Gasteiger partial charge in [0.2, 0.25) is 0 Å². The van der Waals surface area contributed by atoms with Gasteiger partial charge in [-0.2, -0.15) is 0 Å². The van der Waals surface area contributed by atoms with Gasteiger partial charge in [0.05, 0.1) is 13.2 Å². The number of nitrogens with zero attached hydrogens (tertiary/aromatic N) is 6. The van der Waals surface area contributed by atoms with Crippen LogP contribution in [0.5, 0.6) is 5.75 Å². The predicted octanol–water partition coefficient (Wildman–Crippen LogP) is 13.2. The predicted molar refractivity (Wildman–Crippen MR) is 324 cm³/mol. The summed E-state index contributed by atoms with van der Waals surface area (Å²) in [6, 6.07) is 29.9. The first kappa shape index (κ1) is 60.6. The fourth-order valence-corrected chi connectivity index (χ4v) is 11.2. The van der Waals surface area contributed by atoms with Gasteiger partial charge in [0, 0.05) is 69.7 Å². The highest BCUT2D eigenvalue weighted by atomic mass is 31.2. The number of nitrogens with one attached hydrogen (secondary N) is 3. The number of unbranched alkanes of at least 4 members (excludes halogenated alkanes) is 16. The summed E-state index contributed by atoms with van der Waals surface area (Å²) in [5.74, 6) is 1.88. The number of ether oxygens (including phenoxy) is 3. The number of H-pyrrole nitrogens is 2. The number of carbonyl (C=O) groups is 2. The third-order valence-corrected chi connectivity index (χ3v) is 15.8. The molecule has 19 nitrogen and oxygen atoms in total. The van der Waals surface area contributed by atoms with E-state index < -0.39 is 32.5 Å². The summed E-state index contributed by atoms with van der Waals surface area (Å²) >= 11 is 0. The van der Waals surface area contributed by atoms with Crippen molar-refractivity contribution in [1.29, 1.82) is 0 Å². The first-order valence-electron chi connectivity index (χ1n) is 29.9. The normalized spacial score (nSPS) is 13.0. The molecule has 7 aromatic rings. The number of fused-ring (bicyclic) bond motifs is 20. The molecule has 2 aliphatic heterocycles. The van der Waals surface area contributed by atoms with Crippen LogP contribution in [0, 0.1) is 0 Å². The maximum absolute atomic E-state index is 12.9. The summed E-state index contributed by atoms with van der Waals surface area (Å²) in [6.07, 6.45) is 19.0. The van der Waals surface area contributed by atoms with Crippen LogP contribution in [0.25, 0.3) is 89.7 Å². The Balaban J connectivity index is 0.720. The quantitative estimate of drug-likeness (QED) is 0.0140. The van der Waals surface area contributed by atoms with Gasteiger partial charge < -0.3 is 40.1 Å². The number of carbonyl (C=O) groups excluding carboxylic acids is 2. The van der Waals surface area contributed by atoms with E-state index in [0.717, 1.165) is 102 Å². The Labute approximate surface area is 485 Å². The largest absolute Gasteiger partial charge is 0.492 e. The van der Waals surface area contributed by atoms with Gasteiger partial charge in [-0.05, 0) is 44.0 Å². The Bertz CT molecular complexity index is 3490. The van der Waals surface area contributed by atoms with E-state index in [1.807, 2.05) is 91.0 Å². The van der Waals surface area contributed by atoms with Crippen LogP contribution in [0.2, 0.25) is 0 Å². The number of phosphoric ester groups is 1. The molecule has 8 bridgehead atoms. The molecule has 0 fully saturated rings. The summed E-state index contributed by atoms with van der Waals surface area (Å²) in [7, 11) is -4.44. The topological polar surface area (TPSA) is 265 Å². The van der Waals surface area contributed by atoms with Crippen LogP contribution >= 0.6 is 7.82 Å². The summed E-state index contributed by atoms with van der Waals surface area (Å²) in [5, 5.41) is 7.09. The maximum Gasteiger partial charge on any atom is 0.472 e. The van der Waals surface area contributed by atoms with Gasteiger partial charge >= 0.3 is 19.8 Å². The van der Waals surface area contributed by atoms with Crippen molar-refractivity contribution in [3.05, 3.63) is 91.0 Å². The van der Waals surface area contributed by atoms with Crippen LogP contribution < -0.4 is 15.8 Å². The monoisotopic (exact) mass is 1150 g/mol. The van der Waals surface area contributed by atoms with Crippen molar-refractivity contribution in [2.75, 3.05) is 46.1 Å². The van der Waals surface area contributed by atoms with Crippen LogP contribution in [0.3, 0.4) is 0 Å². The molecule has 0 spiro atoms. The molecule has 440 valence electrons. The Morgan fingerprint density at radius 2 is 0.988 bits per heavy atom. The molecule has 0 saturated carbocycles. The van der Waals surface area contributed by atoms with Crippen molar-refractivity contribution >= 4 is 63.9 Å². The smallest absolute Gasteiger partial charge is 0.472 e. The molecule has 2 atom stereocenters. The fourth-order valence-electron chi connectivity index (χ4n) is 10.4. The van der Waals surface area contributed by atoms with Crippen LogP contribution in [0.1, 0.15) is 135 Å². The van der Waals surface area contributed by atoms with Gasteiger partial charge in [-0.25, -0.2) is 34.5 Å². The molecule has 9 rings (SSSR count). The SMILES string of the molecule is CCCCCCCCCCCCCCC(=O)OC[C@H](COP(=O)(O)OCCN)OC(=O)CCCCCCCCNCCOc1ccc2c(c1)-c1nc-2nc2[nH]c(nc3nc(nc4[nH]c(n1)c1ccccc41)-c1ccccc1-3)c1ccccc21. The molecule has 4 aromatic carbocycles. The second-order valence-electron chi connectivity index (χ2n) is 21.2. The van der Waals surface area contributed by atoms with Crippen molar-refractivity contribution in [2.24, 2.45) is 5.73 Å². The molecule has 20 heteroatoms. The molecule has 1 unspecified atom stereocenters. The van der Waals surface area contributed by atoms with Crippen molar-refractivity contribution in [1.82, 2.24) is 45.2 Å². The van der Waals surface area contributed by atoms with Crippen LogP contribution in [-0.4, -0.2) is 109 Å². The molecule has 83 heavy (non-hydrogen) atoms. The van der Waals surface area contributed by atoms with Crippen molar-refractivity contribution in [2.45, 2.75) is 141 Å². The minimum atomic E-state index is -4.44. The molecule has 6 N–H and O–H groups in total. The average molecular weight is 1150 g/mol. The van der Waals surface area contributed by atoms with E-state index in [-0.39, 0.29) is 32.6 Å². The van der Waals surface area contributed by atoms with Gasteiger partial charge in [0.1, 0.15) is 41.6 Å².